The van der Waals surface area contributed by atoms with E-state index in [9.17, 15) is 14.4 Å². The Labute approximate surface area is 169 Å². The first-order valence-electron chi connectivity index (χ1n) is 9.61. The summed E-state index contributed by atoms with van der Waals surface area (Å²) < 4.78 is 17.7. The molecule has 0 radical (unpaired) electrons. The standard InChI is InChI=1S/C21H26N2O6/c1-12(2)28-17-11-18(24)23-9-8-22(7-6-16(23)19(17)21(26)27-5)20(25)15-10-13(3)29-14(15)4/h10-12H,6-9H2,1-5H3. The van der Waals surface area contributed by atoms with Crippen molar-refractivity contribution in [2.24, 2.45) is 0 Å². The van der Waals surface area contributed by atoms with E-state index in [0.29, 0.717) is 42.3 Å². The number of aromatic nitrogens is 1. The molecule has 1 aliphatic rings. The van der Waals surface area contributed by atoms with Crippen molar-refractivity contribution in [2.45, 2.75) is 46.8 Å². The zero-order valence-electron chi connectivity index (χ0n) is 17.4. The van der Waals surface area contributed by atoms with Crippen LogP contribution in [-0.4, -0.2) is 47.6 Å². The van der Waals surface area contributed by atoms with Crippen molar-refractivity contribution in [3.8, 4) is 5.75 Å². The number of pyridine rings is 1. The summed E-state index contributed by atoms with van der Waals surface area (Å²) in [4.78, 5) is 39.8. The molecule has 29 heavy (non-hydrogen) atoms. The normalized spacial score (nSPS) is 13.8. The van der Waals surface area contributed by atoms with Gasteiger partial charge in [0, 0.05) is 37.8 Å². The smallest absolute Gasteiger partial charge is 0.343 e. The van der Waals surface area contributed by atoms with E-state index in [-0.39, 0.29) is 35.4 Å². The van der Waals surface area contributed by atoms with Crippen LogP contribution in [0.2, 0.25) is 0 Å². The summed E-state index contributed by atoms with van der Waals surface area (Å²) in [7, 11) is 1.29. The number of methoxy groups -OCH3 is 1. The average molecular weight is 402 g/mol. The quantitative estimate of drug-likeness (QED) is 0.729. The lowest BCUT2D eigenvalue weighted by molar-refractivity contribution is 0.0591. The number of hydrogen-bond donors (Lipinski definition) is 0. The van der Waals surface area contributed by atoms with Crippen molar-refractivity contribution in [3.05, 3.63) is 50.8 Å². The zero-order valence-corrected chi connectivity index (χ0v) is 17.4. The first kappa shape index (κ1) is 20.7. The van der Waals surface area contributed by atoms with Gasteiger partial charge in [0.25, 0.3) is 11.5 Å². The summed E-state index contributed by atoms with van der Waals surface area (Å²) >= 11 is 0. The fraction of sp³-hybridized carbons (Fsp3) is 0.476. The first-order chi connectivity index (χ1) is 13.7. The van der Waals surface area contributed by atoms with Crippen LogP contribution in [0.5, 0.6) is 5.75 Å². The van der Waals surface area contributed by atoms with Crippen molar-refractivity contribution in [2.75, 3.05) is 20.2 Å². The second kappa shape index (κ2) is 8.14. The summed E-state index contributed by atoms with van der Waals surface area (Å²) in [5.41, 5.74) is 1.01. The van der Waals surface area contributed by atoms with Gasteiger partial charge >= 0.3 is 5.97 Å². The Balaban J connectivity index is 1.98. The summed E-state index contributed by atoms with van der Waals surface area (Å²) in [5, 5.41) is 0. The number of furan rings is 1. The molecule has 0 bridgehead atoms. The van der Waals surface area contributed by atoms with Gasteiger partial charge in [-0.25, -0.2) is 4.79 Å². The van der Waals surface area contributed by atoms with Crippen LogP contribution >= 0.6 is 0 Å². The van der Waals surface area contributed by atoms with Crippen LogP contribution in [0.3, 0.4) is 0 Å². The van der Waals surface area contributed by atoms with E-state index in [1.165, 1.54) is 17.7 Å². The lowest BCUT2D eigenvalue weighted by Gasteiger charge is -2.19. The highest BCUT2D eigenvalue weighted by Crippen LogP contribution is 2.25. The number of aryl methyl sites for hydroxylation is 2. The van der Waals surface area contributed by atoms with Crippen molar-refractivity contribution >= 4 is 11.9 Å². The molecule has 0 aromatic carbocycles. The zero-order chi connectivity index (χ0) is 21.3. The van der Waals surface area contributed by atoms with Gasteiger partial charge < -0.3 is 23.4 Å². The molecule has 0 N–H and O–H groups in total. The van der Waals surface area contributed by atoms with Crippen molar-refractivity contribution in [1.82, 2.24) is 9.47 Å². The van der Waals surface area contributed by atoms with Gasteiger partial charge in [0.1, 0.15) is 22.8 Å². The minimum atomic E-state index is -0.564. The molecule has 156 valence electrons. The Morgan fingerprint density at radius 2 is 1.86 bits per heavy atom. The van der Waals surface area contributed by atoms with Crippen LogP contribution in [-0.2, 0) is 17.7 Å². The van der Waals surface area contributed by atoms with Crippen LogP contribution in [0.25, 0.3) is 0 Å². The van der Waals surface area contributed by atoms with E-state index in [1.54, 1.807) is 24.8 Å². The molecule has 3 rings (SSSR count). The highest BCUT2D eigenvalue weighted by atomic mass is 16.5. The van der Waals surface area contributed by atoms with Gasteiger partial charge in [0.05, 0.1) is 18.8 Å². The molecule has 0 aliphatic carbocycles. The Bertz CT molecular complexity index is 1000. The maximum Gasteiger partial charge on any atom is 0.343 e. The van der Waals surface area contributed by atoms with Crippen LogP contribution in [0, 0.1) is 13.8 Å². The Morgan fingerprint density at radius 1 is 1.14 bits per heavy atom. The fourth-order valence-electron chi connectivity index (χ4n) is 3.63. The van der Waals surface area contributed by atoms with Gasteiger partial charge in [-0.05, 0) is 33.8 Å². The van der Waals surface area contributed by atoms with Gasteiger partial charge in [-0.3, -0.25) is 9.59 Å². The molecule has 0 saturated heterocycles. The molecule has 3 heterocycles. The number of nitrogens with zero attached hydrogens (tertiary/aromatic N) is 2. The van der Waals surface area contributed by atoms with Gasteiger partial charge in [-0.15, -0.1) is 0 Å². The number of amides is 1. The molecule has 0 atom stereocenters. The number of fused-ring (bicyclic) bond motifs is 1. The van der Waals surface area contributed by atoms with Crippen LogP contribution in [0.4, 0.5) is 0 Å². The summed E-state index contributed by atoms with van der Waals surface area (Å²) in [5.74, 6) is 0.728. The molecule has 0 spiro atoms. The Hall–Kier alpha value is -3.03. The fourth-order valence-corrected chi connectivity index (χ4v) is 3.63. The molecule has 2 aromatic heterocycles. The number of rotatable bonds is 4. The number of carbonyl (C=O) groups is 2. The number of hydrogen-bond acceptors (Lipinski definition) is 6. The number of ether oxygens (including phenoxy) is 2. The maximum absolute atomic E-state index is 13.0. The second-order valence-corrected chi connectivity index (χ2v) is 7.35. The van der Waals surface area contributed by atoms with E-state index < -0.39 is 5.97 Å². The number of esters is 1. The Morgan fingerprint density at radius 3 is 2.45 bits per heavy atom. The molecular weight excluding hydrogens is 376 g/mol. The predicted molar refractivity (Wildman–Crippen MR) is 106 cm³/mol. The van der Waals surface area contributed by atoms with E-state index in [2.05, 4.69) is 0 Å². The molecule has 8 heteroatoms. The lowest BCUT2D eigenvalue weighted by atomic mass is 10.1. The highest BCUT2D eigenvalue weighted by molar-refractivity contribution is 5.96. The SMILES string of the molecule is COC(=O)c1c(OC(C)C)cc(=O)n2c1CCN(C(=O)c1cc(C)oc1C)CC2. The van der Waals surface area contributed by atoms with Crippen LogP contribution in [0.1, 0.15) is 51.8 Å². The van der Waals surface area contributed by atoms with E-state index >= 15 is 0 Å². The van der Waals surface area contributed by atoms with Gasteiger partial charge in [-0.2, -0.15) is 0 Å². The molecule has 2 aromatic rings. The maximum atomic E-state index is 13.0. The summed E-state index contributed by atoms with van der Waals surface area (Å²) in [6, 6.07) is 3.03. The third kappa shape index (κ3) is 4.06. The monoisotopic (exact) mass is 402 g/mol. The first-order valence-corrected chi connectivity index (χ1v) is 9.61. The van der Waals surface area contributed by atoms with E-state index in [0.717, 1.165) is 0 Å². The molecule has 8 nitrogen and oxygen atoms in total. The van der Waals surface area contributed by atoms with Crippen molar-refractivity contribution in [3.63, 3.8) is 0 Å². The summed E-state index contributed by atoms with van der Waals surface area (Å²) in [6.07, 6.45) is 0.119. The van der Waals surface area contributed by atoms with Crippen LogP contribution < -0.4 is 10.3 Å². The Kier molecular flexibility index (Phi) is 5.81. The minimum Gasteiger partial charge on any atom is -0.490 e. The molecular formula is C21H26N2O6. The molecule has 1 amide bonds. The van der Waals surface area contributed by atoms with E-state index in [4.69, 9.17) is 13.9 Å². The van der Waals surface area contributed by atoms with Gasteiger partial charge in [-0.1, -0.05) is 0 Å². The van der Waals surface area contributed by atoms with Gasteiger partial charge in [0.2, 0.25) is 0 Å². The van der Waals surface area contributed by atoms with Crippen molar-refractivity contribution in [1.29, 1.82) is 0 Å². The average Bonchev–Trinajstić information content (AvgIpc) is 2.86. The van der Waals surface area contributed by atoms with Gasteiger partial charge in [0.15, 0.2) is 0 Å². The second-order valence-electron chi connectivity index (χ2n) is 7.35. The number of carbonyl (C=O) groups excluding carboxylic acids is 2. The molecule has 0 fully saturated rings. The molecule has 0 unspecified atom stereocenters. The summed E-state index contributed by atoms with van der Waals surface area (Å²) in [6.45, 7) is 8.17. The largest absolute Gasteiger partial charge is 0.490 e. The molecule has 1 aliphatic heterocycles. The predicted octanol–water partition coefficient (Wildman–Crippen LogP) is 2.33. The third-order valence-corrected chi connectivity index (χ3v) is 4.90. The minimum absolute atomic E-state index is 0.154. The lowest BCUT2D eigenvalue weighted by Crippen LogP contribution is -2.34. The van der Waals surface area contributed by atoms with E-state index in [1.807, 2.05) is 13.8 Å². The highest BCUT2D eigenvalue weighted by Gasteiger charge is 2.29. The van der Waals surface area contributed by atoms with Crippen molar-refractivity contribution < 1.29 is 23.5 Å². The third-order valence-electron chi connectivity index (χ3n) is 4.90. The topological polar surface area (TPSA) is 91.0 Å². The molecule has 0 saturated carbocycles. The van der Waals surface area contributed by atoms with Crippen LogP contribution in [0.15, 0.2) is 21.3 Å².